The average Bonchev–Trinajstić information content (AvgIpc) is 2.14. The standard InChI is InChI=1S/C11H17ClN4O/c1-7(2)14-11(17)4-5-13-10-6-9(12)15-8(3)16-10/h6-7H,4-5H2,1-3H3,(H,14,17)(H,13,15,16). The van der Waals surface area contributed by atoms with Crippen LogP contribution < -0.4 is 10.6 Å². The van der Waals surface area contributed by atoms with E-state index in [0.29, 0.717) is 29.8 Å². The van der Waals surface area contributed by atoms with Crippen molar-refractivity contribution in [3.8, 4) is 0 Å². The maximum atomic E-state index is 11.4. The molecule has 0 aliphatic rings. The molecule has 5 nitrogen and oxygen atoms in total. The zero-order valence-corrected chi connectivity index (χ0v) is 11.0. The summed E-state index contributed by atoms with van der Waals surface area (Å²) in [7, 11) is 0. The minimum Gasteiger partial charge on any atom is -0.369 e. The molecule has 0 radical (unpaired) electrons. The Labute approximate surface area is 106 Å². The van der Waals surface area contributed by atoms with Crippen LogP contribution in [0.4, 0.5) is 5.82 Å². The number of aryl methyl sites for hydroxylation is 1. The van der Waals surface area contributed by atoms with Crippen molar-refractivity contribution in [2.45, 2.75) is 33.2 Å². The Morgan fingerprint density at radius 3 is 2.76 bits per heavy atom. The molecule has 0 bridgehead atoms. The minimum atomic E-state index is 0.0179. The summed E-state index contributed by atoms with van der Waals surface area (Å²) in [5, 5.41) is 6.24. The van der Waals surface area contributed by atoms with Crippen LogP contribution in [0.15, 0.2) is 6.07 Å². The fourth-order valence-electron chi connectivity index (χ4n) is 1.32. The molecule has 0 atom stereocenters. The van der Waals surface area contributed by atoms with Crippen LogP contribution in [0.3, 0.4) is 0 Å². The maximum absolute atomic E-state index is 11.4. The molecule has 0 spiro atoms. The number of nitrogens with zero attached hydrogens (tertiary/aromatic N) is 2. The van der Waals surface area contributed by atoms with Crippen molar-refractivity contribution in [2.75, 3.05) is 11.9 Å². The van der Waals surface area contributed by atoms with Gasteiger partial charge in [-0.3, -0.25) is 4.79 Å². The Balaban J connectivity index is 2.38. The number of carbonyl (C=O) groups excluding carboxylic acids is 1. The maximum Gasteiger partial charge on any atom is 0.221 e. The normalized spacial score (nSPS) is 10.4. The van der Waals surface area contributed by atoms with Gasteiger partial charge in [-0.2, -0.15) is 0 Å². The number of halogens is 1. The van der Waals surface area contributed by atoms with Gasteiger partial charge in [-0.15, -0.1) is 0 Å². The molecule has 0 aromatic carbocycles. The first-order valence-electron chi connectivity index (χ1n) is 5.52. The number of rotatable bonds is 5. The molecule has 0 aliphatic carbocycles. The van der Waals surface area contributed by atoms with Crippen LogP contribution >= 0.6 is 11.6 Å². The lowest BCUT2D eigenvalue weighted by Crippen LogP contribution is -2.31. The lowest BCUT2D eigenvalue weighted by atomic mass is 10.3. The van der Waals surface area contributed by atoms with E-state index in [1.54, 1.807) is 13.0 Å². The highest BCUT2D eigenvalue weighted by Gasteiger charge is 2.04. The van der Waals surface area contributed by atoms with E-state index < -0.39 is 0 Å². The van der Waals surface area contributed by atoms with Gasteiger partial charge >= 0.3 is 0 Å². The molecule has 17 heavy (non-hydrogen) atoms. The van der Waals surface area contributed by atoms with Gasteiger partial charge in [0.1, 0.15) is 16.8 Å². The van der Waals surface area contributed by atoms with Gasteiger partial charge < -0.3 is 10.6 Å². The summed E-state index contributed by atoms with van der Waals surface area (Å²) in [4.78, 5) is 19.5. The zero-order valence-electron chi connectivity index (χ0n) is 10.2. The number of carbonyl (C=O) groups is 1. The number of hydrogen-bond acceptors (Lipinski definition) is 4. The summed E-state index contributed by atoms with van der Waals surface area (Å²) in [6.45, 7) is 6.14. The molecule has 0 saturated carbocycles. The van der Waals surface area contributed by atoms with Crippen LogP contribution in [0.2, 0.25) is 5.15 Å². The molecule has 1 aromatic heterocycles. The highest BCUT2D eigenvalue weighted by Crippen LogP contribution is 2.10. The number of amides is 1. The van der Waals surface area contributed by atoms with E-state index >= 15 is 0 Å². The predicted molar refractivity (Wildman–Crippen MR) is 68.2 cm³/mol. The third-order valence-corrected chi connectivity index (χ3v) is 2.11. The van der Waals surface area contributed by atoms with Crippen molar-refractivity contribution in [3.63, 3.8) is 0 Å². The first kappa shape index (κ1) is 13.7. The first-order valence-corrected chi connectivity index (χ1v) is 5.89. The molecule has 0 fully saturated rings. The lowest BCUT2D eigenvalue weighted by Gasteiger charge is -2.09. The second-order valence-electron chi connectivity index (χ2n) is 4.02. The van der Waals surface area contributed by atoms with E-state index in [1.165, 1.54) is 0 Å². The minimum absolute atomic E-state index is 0.0179. The number of hydrogen-bond donors (Lipinski definition) is 2. The van der Waals surface area contributed by atoms with Gasteiger partial charge in [0.2, 0.25) is 5.91 Å². The first-order chi connectivity index (χ1) is 7.97. The average molecular weight is 257 g/mol. The fourth-order valence-corrected chi connectivity index (χ4v) is 1.55. The van der Waals surface area contributed by atoms with Crippen LogP contribution in [0.1, 0.15) is 26.1 Å². The smallest absolute Gasteiger partial charge is 0.221 e. The van der Waals surface area contributed by atoms with Crippen LogP contribution in [-0.4, -0.2) is 28.5 Å². The summed E-state index contributed by atoms with van der Waals surface area (Å²) in [6.07, 6.45) is 0.402. The quantitative estimate of drug-likeness (QED) is 0.788. The van der Waals surface area contributed by atoms with Crippen molar-refractivity contribution in [2.24, 2.45) is 0 Å². The summed E-state index contributed by atoms with van der Waals surface area (Å²) in [5.74, 6) is 1.26. The van der Waals surface area contributed by atoms with Crippen molar-refractivity contribution in [1.82, 2.24) is 15.3 Å². The van der Waals surface area contributed by atoms with E-state index in [9.17, 15) is 4.79 Å². The van der Waals surface area contributed by atoms with E-state index in [2.05, 4.69) is 20.6 Å². The zero-order chi connectivity index (χ0) is 12.8. The SMILES string of the molecule is Cc1nc(Cl)cc(NCCC(=O)NC(C)C)n1. The third-order valence-electron chi connectivity index (χ3n) is 1.91. The summed E-state index contributed by atoms with van der Waals surface area (Å²) in [6, 6.07) is 1.80. The largest absolute Gasteiger partial charge is 0.369 e. The van der Waals surface area contributed by atoms with Crippen molar-refractivity contribution in [3.05, 3.63) is 17.0 Å². The fraction of sp³-hybridized carbons (Fsp3) is 0.545. The van der Waals surface area contributed by atoms with Gasteiger partial charge in [-0.05, 0) is 20.8 Å². The second kappa shape index (κ2) is 6.39. The van der Waals surface area contributed by atoms with Crippen LogP contribution in [0.25, 0.3) is 0 Å². The van der Waals surface area contributed by atoms with Gasteiger partial charge in [0.05, 0.1) is 0 Å². The summed E-state index contributed by atoms with van der Waals surface area (Å²) in [5.41, 5.74) is 0. The van der Waals surface area contributed by atoms with Gasteiger partial charge in [0, 0.05) is 25.1 Å². The van der Waals surface area contributed by atoms with Crippen molar-refractivity contribution >= 4 is 23.3 Å². The molecule has 1 heterocycles. The van der Waals surface area contributed by atoms with Crippen LogP contribution in [0, 0.1) is 6.92 Å². The van der Waals surface area contributed by atoms with E-state index in [0.717, 1.165) is 0 Å². The van der Waals surface area contributed by atoms with Crippen molar-refractivity contribution in [1.29, 1.82) is 0 Å². The third kappa shape index (κ3) is 5.49. The molecule has 0 unspecified atom stereocenters. The molecule has 0 saturated heterocycles. The molecule has 94 valence electrons. The molecule has 1 amide bonds. The lowest BCUT2D eigenvalue weighted by molar-refractivity contribution is -0.121. The molecular weight excluding hydrogens is 240 g/mol. The highest BCUT2D eigenvalue weighted by molar-refractivity contribution is 6.29. The molecular formula is C11H17ClN4O. The Kier molecular flexibility index (Phi) is 5.15. The Morgan fingerprint density at radius 1 is 1.47 bits per heavy atom. The topological polar surface area (TPSA) is 66.9 Å². The van der Waals surface area contributed by atoms with E-state index in [1.807, 2.05) is 13.8 Å². The molecule has 1 aromatic rings. The summed E-state index contributed by atoms with van der Waals surface area (Å²) < 4.78 is 0. The molecule has 2 N–H and O–H groups in total. The Bertz CT molecular complexity index is 375. The Morgan fingerprint density at radius 2 is 2.18 bits per heavy atom. The van der Waals surface area contributed by atoms with E-state index in [-0.39, 0.29) is 11.9 Å². The molecule has 0 aliphatic heterocycles. The van der Waals surface area contributed by atoms with Gasteiger partial charge in [-0.25, -0.2) is 9.97 Å². The van der Waals surface area contributed by atoms with Gasteiger partial charge in [-0.1, -0.05) is 11.6 Å². The van der Waals surface area contributed by atoms with Gasteiger partial charge in [0.15, 0.2) is 0 Å². The predicted octanol–water partition coefficient (Wildman–Crippen LogP) is 1.77. The second-order valence-corrected chi connectivity index (χ2v) is 4.41. The van der Waals surface area contributed by atoms with Crippen LogP contribution in [0.5, 0.6) is 0 Å². The van der Waals surface area contributed by atoms with E-state index in [4.69, 9.17) is 11.6 Å². The number of nitrogens with one attached hydrogen (secondary N) is 2. The molecule has 6 heteroatoms. The van der Waals surface area contributed by atoms with Crippen molar-refractivity contribution < 1.29 is 4.79 Å². The highest BCUT2D eigenvalue weighted by atomic mass is 35.5. The monoisotopic (exact) mass is 256 g/mol. The number of anilines is 1. The summed E-state index contributed by atoms with van der Waals surface area (Å²) >= 11 is 5.79. The van der Waals surface area contributed by atoms with Gasteiger partial charge in [0.25, 0.3) is 0 Å². The van der Waals surface area contributed by atoms with Crippen LogP contribution in [-0.2, 0) is 4.79 Å². The number of aromatic nitrogens is 2. The Hall–Kier alpha value is -1.36. The molecule has 1 rings (SSSR count).